The van der Waals surface area contributed by atoms with Crippen LogP contribution in [-0.2, 0) is 0 Å². The zero-order valence-corrected chi connectivity index (χ0v) is 9.87. The second kappa shape index (κ2) is 4.76. The van der Waals surface area contributed by atoms with Crippen molar-refractivity contribution in [3.63, 3.8) is 0 Å². The molecule has 0 aromatic heterocycles. The number of nitrogens with zero attached hydrogens (tertiary/aromatic N) is 1. The van der Waals surface area contributed by atoms with Crippen molar-refractivity contribution in [3.8, 4) is 6.07 Å². The van der Waals surface area contributed by atoms with Gasteiger partial charge in [0.2, 0.25) is 0 Å². The molecule has 0 aliphatic carbocycles. The highest BCUT2D eigenvalue weighted by Crippen LogP contribution is 2.25. The van der Waals surface area contributed by atoms with Crippen LogP contribution in [0.15, 0.2) is 36.4 Å². The van der Waals surface area contributed by atoms with E-state index in [4.69, 9.17) is 11.0 Å². The minimum Gasteiger partial charge on any atom is -0.397 e. The minimum atomic E-state index is -0.528. The van der Waals surface area contributed by atoms with E-state index in [-0.39, 0.29) is 5.56 Å². The van der Waals surface area contributed by atoms with Crippen LogP contribution in [0.2, 0.25) is 0 Å². The molecule has 3 nitrogen and oxygen atoms in total. The van der Waals surface area contributed by atoms with Gasteiger partial charge >= 0.3 is 0 Å². The molecule has 4 heteroatoms. The molecule has 18 heavy (non-hydrogen) atoms. The Bertz CT molecular complexity index is 629. The second-order valence-electron chi connectivity index (χ2n) is 4.02. The minimum absolute atomic E-state index is 0.00576. The Balaban J connectivity index is 2.34. The molecule has 0 bridgehead atoms. The van der Waals surface area contributed by atoms with Gasteiger partial charge in [0.1, 0.15) is 11.9 Å². The number of rotatable bonds is 2. The van der Waals surface area contributed by atoms with E-state index >= 15 is 0 Å². The van der Waals surface area contributed by atoms with Crippen LogP contribution in [-0.4, -0.2) is 0 Å². The van der Waals surface area contributed by atoms with Gasteiger partial charge < -0.3 is 11.1 Å². The first-order chi connectivity index (χ1) is 8.60. The van der Waals surface area contributed by atoms with Gasteiger partial charge in [-0.1, -0.05) is 6.07 Å². The first kappa shape index (κ1) is 11.9. The van der Waals surface area contributed by atoms with E-state index in [0.717, 1.165) is 11.3 Å². The maximum Gasteiger partial charge on any atom is 0.141 e. The third kappa shape index (κ3) is 2.41. The highest BCUT2D eigenvalue weighted by Gasteiger charge is 2.04. The highest BCUT2D eigenvalue weighted by molar-refractivity contribution is 5.73. The van der Waals surface area contributed by atoms with Crippen molar-refractivity contribution >= 4 is 17.1 Å². The molecule has 0 heterocycles. The van der Waals surface area contributed by atoms with Gasteiger partial charge in [0, 0.05) is 5.69 Å². The first-order valence-electron chi connectivity index (χ1n) is 5.43. The van der Waals surface area contributed by atoms with Crippen molar-refractivity contribution in [3.05, 3.63) is 53.3 Å². The number of nitrogens with one attached hydrogen (secondary N) is 1. The average molecular weight is 241 g/mol. The van der Waals surface area contributed by atoms with Crippen LogP contribution >= 0.6 is 0 Å². The molecule has 2 aromatic rings. The van der Waals surface area contributed by atoms with Crippen LogP contribution in [0.1, 0.15) is 11.1 Å². The third-order valence-electron chi connectivity index (χ3n) is 2.57. The smallest absolute Gasteiger partial charge is 0.141 e. The normalized spacial score (nSPS) is 9.83. The number of hydrogen-bond donors (Lipinski definition) is 2. The molecule has 0 saturated carbocycles. The monoisotopic (exact) mass is 241 g/mol. The number of benzene rings is 2. The van der Waals surface area contributed by atoms with Gasteiger partial charge in [-0.3, -0.25) is 0 Å². The Kier molecular flexibility index (Phi) is 3.16. The van der Waals surface area contributed by atoms with Gasteiger partial charge in [-0.25, -0.2) is 4.39 Å². The van der Waals surface area contributed by atoms with Crippen LogP contribution in [0.5, 0.6) is 0 Å². The zero-order valence-electron chi connectivity index (χ0n) is 9.87. The summed E-state index contributed by atoms with van der Waals surface area (Å²) >= 11 is 0. The van der Waals surface area contributed by atoms with E-state index in [9.17, 15) is 4.39 Å². The maximum absolute atomic E-state index is 13.2. The standard InChI is InChI=1S/C14H12FN3/c1-9-2-5-13(17)14(6-9)18-11-3-4-12(15)10(7-11)8-16/h2-7,18H,17H2,1H3. The van der Waals surface area contributed by atoms with Gasteiger partial charge in [-0.15, -0.1) is 0 Å². The molecule has 3 N–H and O–H groups in total. The fourth-order valence-electron chi connectivity index (χ4n) is 1.62. The summed E-state index contributed by atoms with van der Waals surface area (Å²) in [6.07, 6.45) is 0. The molecule has 0 aliphatic heterocycles. The SMILES string of the molecule is Cc1ccc(N)c(Nc2ccc(F)c(C#N)c2)c1. The average Bonchev–Trinajstić information content (AvgIpc) is 2.36. The lowest BCUT2D eigenvalue weighted by molar-refractivity contribution is 0.624. The lowest BCUT2D eigenvalue weighted by Crippen LogP contribution is -1.97. The van der Waals surface area contributed by atoms with Crippen molar-refractivity contribution in [2.24, 2.45) is 0 Å². The largest absolute Gasteiger partial charge is 0.397 e. The van der Waals surface area contributed by atoms with E-state index in [0.29, 0.717) is 11.4 Å². The van der Waals surface area contributed by atoms with Crippen LogP contribution in [0, 0.1) is 24.1 Å². The Morgan fingerprint density at radius 3 is 2.72 bits per heavy atom. The summed E-state index contributed by atoms with van der Waals surface area (Å²) in [6.45, 7) is 1.95. The Hall–Kier alpha value is -2.54. The molecule has 2 rings (SSSR count). The summed E-state index contributed by atoms with van der Waals surface area (Å²) in [5.41, 5.74) is 8.88. The van der Waals surface area contributed by atoms with E-state index in [1.165, 1.54) is 12.1 Å². The number of nitriles is 1. The number of nitrogen functional groups attached to an aromatic ring is 1. The first-order valence-corrected chi connectivity index (χ1v) is 5.43. The Labute approximate surface area is 105 Å². The Morgan fingerprint density at radius 2 is 2.00 bits per heavy atom. The topological polar surface area (TPSA) is 61.8 Å². The highest BCUT2D eigenvalue weighted by atomic mass is 19.1. The molecule has 0 unspecified atom stereocenters. The summed E-state index contributed by atoms with van der Waals surface area (Å²) in [5.74, 6) is -0.528. The maximum atomic E-state index is 13.2. The quantitative estimate of drug-likeness (QED) is 0.793. The zero-order chi connectivity index (χ0) is 13.1. The number of aryl methyl sites for hydroxylation is 1. The summed E-state index contributed by atoms with van der Waals surface area (Å²) in [6, 6.07) is 11.7. The number of nitrogens with two attached hydrogens (primary N) is 1. The fraction of sp³-hybridized carbons (Fsp3) is 0.0714. The summed E-state index contributed by atoms with van der Waals surface area (Å²) in [5, 5.41) is 11.8. The van der Waals surface area contributed by atoms with E-state index < -0.39 is 5.82 Å². The molecule has 0 amide bonds. The lowest BCUT2D eigenvalue weighted by Gasteiger charge is -2.10. The van der Waals surface area contributed by atoms with Crippen molar-refractivity contribution in [1.82, 2.24) is 0 Å². The van der Waals surface area contributed by atoms with Crippen molar-refractivity contribution in [2.75, 3.05) is 11.1 Å². The fourth-order valence-corrected chi connectivity index (χ4v) is 1.62. The predicted molar refractivity (Wildman–Crippen MR) is 70.0 cm³/mol. The van der Waals surface area contributed by atoms with Crippen LogP contribution in [0.3, 0.4) is 0 Å². The molecule has 90 valence electrons. The van der Waals surface area contributed by atoms with Gasteiger partial charge in [-0.05, 0) is 42.8 Å². The molecule has 0 fully saturated rings. The molecule has 0 spiro atoms. The predicted octanol–water partition coefficient (Wildman–Crippen LogP) is 3.33. The van der Waals surface area contributed by atoms with Gasteiger partial charge in [0.15, 0.2) is 0 Å². The van der Waals surface area contributed by atoms with Gasteiger partial charge in [-0.2, -0.15) is 5.26 Å². The summed E-state index contributed by atoms with van der Waals surface area (Å²) in [4.78, 5) is 0. The molecule has 0 saturated heterocycles. The van der Waals surface area contributed by atoms with Gasteiger partial charge in [0.25, 0.3) is 0 Å². The molecule has 0 aliphatic rings. The summed E-state index contributed by atoms with van der Waals surface area (Å²) in [7, 11) is 0. The lowest BCUT2D eigenvalue weighted by atomic mass is 10.1. The van der Waals surface area contributed by atoms with E-state index in [1.54, 1.807) is 18.2 Å². The molecular weight excluding hydrogens is 229 g/mol. The second-order valence-corrected chi connectivity index (χ2v) is 4.02. The summed E-state index contributed by atoms with van der Waals surface area (Å²) < 4.78 is 13.2. The number of anilines is 3. The number of halogens is 1. The van der Waals surface area contributed by atoms with Crippen LogP contribution in [0.4, 0.5) is 21.5 Å². The van der Waals surface area contributed by atoms with Crippen molar-refractivity contribution in [1.29, 1.82) is 5.26 Å². The van der Waals surface area contributed by atoms with E-state index in [2.05, 4.69) is 5.32 Å². The third-order valence-corrected chi connectivity index (χ3v) is 2.57. The molecule has 2 aromatic carbocycles. The van der Waals surface area contributed by atoms with Crippen LogP contribution in [0.25, 0.3) is 0 Å². The molecular formula is C14H12FN3. The Morgan fingerprint density at radius 1 is 1.22 bits per heavy atom. The van der Waals surface area contributed by atoms with E-state index in [1.807, 2.05) is 19.1 Å². The van der Waals surface area contributed by atoms with Crippen LogP contribution < -0.4 is 11.1 Å². The molecule has 0 radical (unpaired) electrons. The van der Waals surface area contributed by atoms with Crippen molar-refractivity contribution in [2.45, 2.75) is 6.92 Å². The van der Waals surface area contributed by atoms with Gasteiger partial charge in [0.05, 0.1) is 16.9 Å². The number of hydrogen-bond acceptors (Lipinski definition) is 3. The molecule has 0 atom stereocenters. The van der Waals surface area contributed by atoms with Crippen molar-refractivity contribution < 1.29 is 4.39 Å².